The van der Waals surface area contributed by atoms with E-state index in [-0.39, 0.29) is 18.6 Å². The number of hydrogen-bond donors (Lipinski definition) is 2. The second-order valence-electron chi connectivity index (χ2n) is 7.50. The van der Waals surface area contributed by atoms with Crippen LogP contribution in [0, 0.1) is 0 Å². The molecule has 1 aliphatic rings. The minimum atomic E-state index is -4.99. The number of ether oxygens (including phenoxy) is 1. The Bertz CT molecular complexity index is 808. The molecule has 0 spiro atoms. The van der Waals surface area contributed by atoms with Crippen LogP contribution in [0.2, 0.25) is 0 Å². The third kappa shape index (κ3) is 4.73. The maximum Gasteiger partial charge on any atom is 0.426 e. The summed E-state index contributed by atoms with van der Waals surface area (Å²) in [6.45, 7) is 1.73. The van der Waals surface area contributed by atoms with Gasteiger partial charge < -0.3 is 15.4 Å². The third-order valence-corrected chi connectivity index (χ3v) is 5.53. The molecule has 3 atom stereocenters. The van der Waals surface area contributed by atoms with E-state index < -0.39 is 17.4 Å². The van der Waals surface area contributed by atoms with E-state index in [1.165, 1.54) is 19.2 Å². The van der Waals surface area contributed by atoms with Crippen molar-refractivity contribution in [1.82, 2.24) is 10.6 Å². The monoisotopic (exact) mass is 410 g/mol. The first-order valence-electron chi connectivity index (χ1n) is 9.69. The van der Waals surface area contributed by atoms with Crippen LogP contribution in [0.25, 0.3) is 0 Å². The van der Waals surface area contributed by atoms with E-state index in [1.807, 2.05) is 18.2 Å². The summed E-state index contributed by atoms with van der Waals surface area (Å²) in [7, 11) is 1.45. The largest absolute Gasteiger partial charge is 0.496 e. The van der Waals surface area contributed by atoms with Gasteiger partial charge in [0.25, 0.3) is 0 Å². The van der Waals surface area contributed by atoms with Crippen molar-refractivity contribution < 1.29 is 22.3 Å². The number of alkyl halides is 4. The van der Waals surface area contributed by atoms with Crippen molar-refractivity contribution in [3.05, 3.63) is 65.2 Å². The number of hydrogen-bond acceptors (Lipinski definition) is 3. The molecule has 29 heavy (non-hydrogen) atoms. The molecule has 3 nitrogen and oxygen atoms in total. The zero-order chi connectivity index (χ0) is 21.1. The van der Waals surface area contributed by atoms with Gasteiger partial charge in [0, 0.05) is 24.2 Å². The molecule has 7 heteroatoms. The van der Waals surface area contributed by atoms with Crippen molar-refractivity contribution >= 4 is 0 Å². The van der Waals surface area contributed by atoms with Crippen LogP contribution in [-0.4, -0.2) is 25.9 Å². The second-order valence-corrected chi connectivity index (χ2v) is 7.50. The smallest absolute Gasteiger partial charge is 0.426 e. The fraction of sp³-hybridized carbons (Fsp3) is 0.455. The number of rotatable bonds is 6. The molecule has 1 aliphatic heterocycles. The highest BCUT2D eigenvalue weighted by atomic mass is 19.4. The summed E-state index contributed by atoms with van der Waals surface area (Å²) in [6.07, 6.45) is -3.06. The highest BCUT2D eigenvalue weighted by Gasteiger charge is 2.53. The molecule has 1 fully saturated rings. The topological polar surface area (TPSA) is 33.3 Å². The molecule has 2 aromatic carbocycles. The van der Waals surface area contributed by atoms with Gasteiger partial charge in [-0.15, -0.1) is 0 Å². The van der Waals surface area contributed by atoms with Crippen LogP contribution in [0.4, 0.5) is 17.6 Å². The van der Waals surface area contributed by atoms with Gasteiger partial charge in [-0.1, -0.05) is 36.4 Å². The summed E-state index contributed by atoms with van der Waals surface area (Å²) in [6, 6.07) is 14.0. The summed E-state index contributed by atoms with van der Waals surface area (Å²) in [5.74, 6) is 0.430. The Hall–Kier alpha value is -2.12. The van der Waals surface area contributed by atoms with Crippen LogP contribution in [0.3, 0.4) is 0 Å². The summed E-state index contributed by atoms with van der Waals surface area (Å²) in [5, 5.41) is 6.94. The Labute approximate surface area is 168 Å². The van der Waals surface area contributed by atoms with Crippen molar-refractivity contribution in [3.63, 3.8) is 0 Å². The highest BCUT2D eigenvalue weighted by Crippen LogP contribution is 2.43. The van der Waals surface area contributed by atoms with E-state index in [0.717, 1.165) is 31.0 Å². The SMILES string of the molecule is COc1ccc(C(C)(F)C(F)(F)F)cc1CN[C@H]1CCCN[C@H]1c1ccccc1. The molecule has 1 saturated heterocycles. The van der Waals surface area contributed by atoms with Gasteiger partial charge in [-0.25, -0.2) is 4.39 Å². The standard InChI is InChI=1S/C22H26F4N2O/c1-21(23,22(24,25)26)17-10-11-19(29-2)16(13-17)14-28-18-9-6-12-27-20(18)15-7-4-3-5-8-15/h3-5,7-8,10-11,13,18,20,27-28H,6,9,12,14H2,1-2H3/t18-,20-,21?/m0/s1. The number of benzene rings is 2. The van der Waals surface area contributed by atoms with E-state index in [9.17, 15) is 17.6 Å². The highest BCUT2D eigenvalue weighted by molar-refractivity contribution is 5.40. The molecule has 0 bridgehead atoms. The predicted octanol–water partition coefficient (Wildman–Crippen LogP) is 5.03. The molecule has 2 aromatic rings. The Kier molecular flexibility index (Phi) is 6.49. The van der Waals surface area contributed by atoms with E-state index in [4.69, 9.17) is 4.74 Å². The molecular formula is C22H26F4N2O. The number of methoxy groups -OCH3 is 1. The fourth-order valence-electron chi connectivity index (χ4n) is 3.73. The Morgan fingerprint density at radius 3 is 2.48 bits per heavy atom. The van der Waals surface area contributed by atoms with E-state index in [2.05, 4.69) is 22.8 Å². The van der Waals surface area contributed by atoms with Gasteiger partial charge in [-0.2, -0.15) is 13.2 Å². The van der Waals surface area contributed by atoms with Crippen LogP contribution >= 0.6 is 0 Å². The molecule has 1 heterocycles. The number of piperidine rings is 1. The van der Waals surface area contributed by atoms with Crippen LogP contribution in [0.15, 0.2) is 48.5 Å². The molecule has 0 radical (unpaired) electrons. The lowest BCUT2D eigenvalue weighted by Crippen LogP contribution is -2.45. The summed E-state index contributed by atoms with van der Waals surface area (Å²) in [4.78, 5) is 0. The summed E-state index contributed by atoms with van der Waals surface area (Å²) < 4.78 is 59.1. The van der Waals surface area contributed by atoms with Crippen LogP contribution in [0.1, 0.15) is 42.5 Å². The molecule has 1 unspecified atom stereocenters. The van der Waals surface area contributed by atoms with Gasteiger partial charge in [-0.3, -0.25) is 0 Å². The molecule has 0 amide bonds. The lowest BCUT2D eigenvalue weighted by Gasteiger charge is -2.34. The fourth-order valence-corrected chi connectivity index (χ4v) is 3.73. The minimum Gasteiger partial charge on any atom is -0.496 e. The van der Waals surface area contributed by atoms with Crippen molar-refractivity contribution in [2.75, 3.05) is 13.7 Å². The summed E-state index contributed by atoms with van der Waals surface area (Å²) >= 11 is 0. The Balaban J connectivity index is 1.81. The molecule has 3 rings (SSSR count). The Morgan fingerprint density at radius 1 is 1.10 bits per heavy atom. The minimum absolute atomic E-state index is 0.0962. The van der Waals surface area contributed by atoms with Crippen molar-refractivity contribution in [2.24, 2.45) is 0 Å². The van der Waals surface area contributed by atoms with Gasteiger partial charge in [0.15, 0.2) is 0 Å². The van der Waals surface area contributed by atoms with Gasteiger partial charge >= 0.3 is 6.18 Å². The number of nitrogens with one attached hydrogen (secondary N) is 2. The molecule has 0 aromatic heterocycles. The van der Waals surface area contributed by atoms with E-state index >= 15 is 0 Å². The van der Waals surface area contributed by atoms with Crippen LogP contribution in [0.5, 0.6) is 5.75 Å². The zero-order valence-corrected chi connectivity index (χ0v) is 16.5. The number of halogens is 4. The first-order chi connectivity index (χ1) is 13.7. The second kappa shape index (κ2) is 8.71. The van der Waals surface area contributed by atoms with Crippen molar-refractivity contribution in [3.8, 4) is 5.75 Å². The molecule has 158 valence electrons. The molecule has 0 saturated carbocycles. The lowest BCUT2D eigenvalue weighted by atomic mass is 9.91. The quantitative estimate of drug-likeness (QED) is 0.656. The predicted molar refractivity (Wildman–Crippen MR) is 105 cm³/mol. The third-order valence-electron chi connectivity index (χ3n) is 5.53. The maximum atomic E-state index is 14.4. The Morgan fingerprint density at radius 2 is 1.83 bits per heavy atom. The molecule has 2 N–H and O–H groups in total. The van der Waals surface area contributed by atoms with Crippen molar-refractivity contribution in [2.45, 2.75) is 50.2 Å². The van der Waals surface area contributed by atoms with Gasteiger partial charge in [-0.05, 0) is 49.6 Å². The maximum absolute atomic E-state index is 14.4. The van der Waals surface area contributed by atoms with E-state index in [0.29, 0.717) is 18.2 Å². The first kappa shape index (κ1) is 21.6. The normalized spacial score (nSPS) is 22.1. The summed E-state index contributed by atoms with van der Waals surface area (Å²) in [5.41, 5.74) is -2.20. The van der Waals surface area contributed by atoms with Gasteiger partial charge in [0.05, 0.1) is 7.11 Å². The first-order valence-corrected chi connectivity index (χ1v) is 9.69. The van der Waals surface area contributed by atoms with Crippen LogP contribution in [-0.2, 0) is 12.2 Å². The van der Waals surface area contributed by atoms with E-state index in [1.54, 1.807) is 0 Å². The van der Waals surface area contributed by atoms with Gasteiger partial charge in [0.2, 0.25) is 5.67 Å². The van der Waals surface area contributed by atoms with Crippen molar-refractivity contribution in [1.29, 1.82) is 0 Å². The van der Waals surface area contributed by atoms with Crippen LogP contribution < -0.4 is 15.4 Å². The zero-order valence-electron chi connectivity index (χ0n) is 16.5. The lowest BCUT2D eigenvalue weighted by molar-refractivity contribution is -0.228. The molecule has 0 aliphatic carbocycles. The average molecular weight is 410 g/mol. The molecular weight excluding hydrogens is 384 g/mol. The average Bonchev–Trinajstić information content (AvgIpc) is 2.72. The van der Waals surface area contributed by atoms with Gasteiger partial charge in [0.1, 0.15) is 5.75 Å².